The fourth-order valence-corrected chi connectivity index (χ4v) is 5.32. The number of nitrogens with one attached hydrogen (secondary N) is 1. The smallest absolute Gasteiger partial charge is 0.387 e. The molecule has 2 heterocycles. The third-order valence-electron chi connectivity index (χ3n) is 4.62. The zero-order valence-electron chi connectivity index (χ0n) is 17.0. The Balaban J connectivity index is 1.34. The summed E-state index contributed by atoms with van der Waals surface area (Å²) >= 11 is 7.78. The monoisotopic (exact) mass is 505 g/mol. The number of hydrogen-bond donors (Lipinski definition) is 1. The first-order valence-electron chi connectivity index (χ1n) is 9.85. The summed E-state index contributed by atoms with van der Waals surface area (Å²) in [6.45, 7) is -2.70. The molecular weight excluding hydrogens is 488 g/mol. The van der Waals surface area contributed by atoms with Gasteiger partial charge in [-0.25, -0.2) is 4.98 Å². The van der Waals surface area contributed by atoms with E-state index in [1.807, 2.05) is 24.3 Å². The number of ether oxygens (including phenoxy) is 1. The fourth-order valence-electron chi connectivity index (χ4n) is 3.14. The molecule has 1 fully saturated rings. The summed E-state index contributed by atoms with van der Waals surface area (Å²) < 4.78 is 31.1. The molecule has 33 heavy (non-hydrogen) atoms. The van der Waals surface area contributed by atoms with E-state index < -0.39 is 6.61 Å². The Kier molecular flexibility index (Phi) is 7.31. The van der Waals surface area contributed by atoms with E-state index in [0.29, 0.717) is 26.3 Å². The van der Waals surface area contributed by atoms with Gasteiger partial charge >= 0.3 is 6.61 Å². The van der Waals surface area contributed by atoms with Gasteiger partial charge in [-0.15, -0.1) is 0 Å². The highest BCUT2D eigenvalue weighted by atomic mass is 32.2. The Morgan fingerprint density at radius 1 is 1.21 bits per heavy atom. The molecule has 0 atom stereocenters. The molecule has 2 amide bonds. The third kappa shape index (κ3) is 5.73. The van der Waals surface area contributed by atoms with Crippen LogP contribution in [0.15, 0.2) is 53.4 Å². The lowest BCUT2D eigenvalue weighted by molar-refractivity contribution is -0.122. The second-order valence-electron chi connectivity index (χ2n) is 6.89. The van der Waals surface area contributed by atoms with Gasteiger partial charge in [-0.1, -0.05) is 65.6 Å². The first-order valence-corrected chi connectivity index (χ1v) is 11.9. The van der Waals surface area contributed by atoms with Crippen molar-refractivity contribution in [2.75, 3.05) is 11.9 Å². The van der Waals surface area contributed by atoms with Crippen LogP contribution in [-0.4, -0.2) is 39.2 Å². The van der Waals surface area contributed by atoms with Crippen LogP contribution in [0, 0.1) is 0 Å². The number of anilines is 1. The largest absolute Gasteiger partial charge is 0.434 e. The summed E-state index contributed by atoms with van der Waals surface area (Å²) in [5, 5.41) is 3.31. The molecule has 0 aliphatic carbocycles. The number of nitrogens with zero attached hydrogens (tertiary/aromatic N) is 2. The first kappa shape index (κ1) is 23.3. The number of carbonyl (C=O) groups excluding carboxylic acids is 2. The lowest BCUT2D eigenvalue weighted by Gasteiger charge is -2.13. The van der Waals surface area contributed by atoms with Crippen molar-refractivity contribution >= 4 is 72.9 Å². The summed E-state index contributed by atoms with van der Waals surface area (Å²) in [5.41, 5.74) is 1.18. The quantitative estimate of drug-likeness (QED) is 0.321. The minimum Gasteiger partial charge on any atom is -0.434 e. The van der Waals surface area contributed by atoms with Crippen molar-refractivity contribution in [2.45, 2.75) is 19.5 Å². The Bertz CT molecular complexity index is 1210. The molecule has 0 unspecified atom stereocenters. The average Bonchev–Trinajstić information content (AvgIpc) is 3.29. The number of rotatable bonds is 8. The summed E-state index contributed by atoms with van der Waals surface area (Å²) in [6.07, 6.45) is 2.08. The molecule has 6 nitrogen and oxygen atoms in total. The number of para-hydroxylation sites is 2. The lowest BCUT2D eigenvalue weighted by Crippen LogP contribution is -2.29. The molecule has 0 saturated carbocycles. The number of thiazole rings is 1. The summed E-state index contributed by atoms with van der Waals surface area (Å²) in [6, 6.07) is 13.8. The molecule has 170 valence electrons. The number of thioether (sulfide) groups is 1. The number of fused-ring (bicyclic) bond motifs is 1. The molecule has 0 spiro atoms. The van der Waals surface area contributed by atoms with Gasteiger partial charge in [-0.05, 0) is 30.7 Å². The van der Waals surface area contributed by atoms with E-state index in [1.165, 1.54) is 28.4 Å². The summed E-state index contributed by atoms with van der Waals surface area (Å²) in [7, 11) is 0. The zero-order chi connectivity index (χ0) is 23.4. The molecular formula is C22H17F2N3O3S3. The number of thiocarbonyl (C=S) groups is 1. The van der Waals surface area contributed by atoms with Crippen molar-refractivity contribution in [1.29, 1.82) is 0 Å². The minimum absolute atomic E-state index is 0.0238. The number of carbonyl (C=O) groups is 2. The topological polar surface area (TPSA) is 71.5 Å². The van der Waals surface area contributed by atoms with Crippen LogP contribution in [0.5, 0.6) is 5.75 Å². The first-order chi connectivity index (χ1) is 15.9. The van der Waals surface area contributed by atoms with E-state index in [2.05, 4.69) is 15.0 Å². The Hall–Kier alpha value is -2.89. The normalized spacial score (nSPS) is 15.1. The van der Waals surface area contributed by atoms with E-state index in [0.717, 1.165) is 22.0 Å². The van der Waals surface area contributed by atoms with Crippen molar-refractivity contribution in [1.82, 2.24) is 9.88 Å². The van der Waals surface area contributed by atoms with E-state index in [4.69, 9.17) is 12.2 Å². The predicted octanol–water partition coefficient (Wildman–Crippen LogP) is 5.52. The maximum absolute atomic E-state index is 12.8. The number of benzene rings is 2. The predicted molar refractivity (Wildman–Crippen MR) is 130 cm³/mol. The maximum Gasteiger partial charge on any atom is 0.387 e. The number of aromatic nitrogens is 1. The highest BCUT2D eigenvalue weighted by molar-refractivity contribution is 8.26. The maximum atomic E-state index is 12.8. The molecule has 1 aromatic heterocycles. The van der Waals surface area contributed by atoms with Gasteiger partial charge in [0.25, 0.3) is 5.91 Å². The van der Waals surface area contributed by atoms with Gasteiger partial charge in [0.2, 0.25) is 5.91 Å². The summed E-state index contributed by atoms with van der Waals surface area (Å²) in [5.74, 6) is -0.555. The lowest BCUT2D eigenvalue weighted by atomic mass is 10.2. The van der Waals surface area contributed by atoms with Gasteiger partial charge in [-0.2, -0.15) is 8.78 Å². The molecule has 1 aliphatic rings. The van der Waals surface area contributed by atoms with Crippen molar-refractivity contribution in [3.63, 3.8) is 0 Å². The van der Waals surface area contributed by atoms with Gasteiger partial charge in [0.15, 0.2) is 5.13 Å². The highest BCUT2D eigenvalue weighted by Gasteiger charge is 2.32. The number of amides is 2. The zero-order valence-corrected chi connectivity index (χ0v) is 19.4. The van der Waals surface area contributed by atoms with Crippen LogP contribution in [-0.2, 0) is 9.59 Å². The number of halogens is 2. The molecule has 1 saturated heterocycles. The van der Waals surface area contributed by atoms with Crippen LogP contribution >= 0.6 is 35.3 Å². The van der Waals surface area contributed by atoms with Crippen LogP contribution in [0.3, 0.4) is 0 Å². The molecule has 4 rings (SSSR count). The average molecular weight is 506 g/mol. The van der Waals surface area contributed by atoms with Gasteiger partial charge in [0, 0.05) is 18.5 Å². The second kappa shape index (κ2) is 10.4. The van der Waals surface area contributed by atoms with Crippen molar-refractivity contribution in [3.05, 3.63) is 59.0 Å². The molecule has 2 aromatic carbocycles. The molecule has 11 heteroatoms. The Morgan fingerprint density at radius 2 is 1.97 bits per heavy atom. The highest BCUT2D eigenvalue weighted by Crippen LogP contribution is 2.34. The van der Waals surface area contributed by atoms with Gasteiger partial charge in [0.05, 0.1) is 15.1 Å². The van der Waals surface area contributed by atoms with Gasteiger partial charge < -0.3 is 10.1 Å². The number of hydrogen-bond acceptors (Lipinski definition) is 7. The van der Waals surface area contributed by atoms with Crippen LogP contribution in [0.4, 0.5) is 13.9 Å². The molecule has 1 N–H and O–H groups in total. The third-order valence-corrected chi connectivity index (χ3v) is 6.95. The van der Waals surface area contributed by atoms with E-state index in [-0.39, 0.29) is 30.5 Å². The summed E-state index contributed by atoms with van der Waals surface area (Å²) in [4.78, 5) is 31.1. The van der Waals surface area contributed by atoms with E-state index in [9.17, 15) is 18.4 Å². The Labute approximate surface area is 201 Å². The standard InChI is InChI=1S/C22H17F2N3O3S3/c23-20(24)30-15-8-3-1-6-13(15)12-17-19(29)27(22(31)33-17)11-5-10-18(28)26-21-25-14-7-2-4-9-16(14)32-21/h1-4,6-9,12,20H,5,10-11H2,(H,25,26,28)/b17-12+. The van der Waals surface area contributed by atoms with Crippen molar-refractivity contribution in [2.24, 2.45) is 0 Å². The minimum atomic E-state index is -2.97. The second-order valence-corrected chi connectivity index (χ2v) is 9.59. The van der Waals surface area contributed by atoms with Crippen LogP contribution in [0.25, 0.3) is 16.3 Å². The molecule has 3 aromatic rings. The van der Waals surface area contributed by atoms with Crippen LogP contribution in [0.2, 0.25) is 0 Å². The van der Waals surface area contributed by atoms with Gasteiger partial charge in [0.1, 0.15) is 10.1 Å². The Morgan fingerprint density at radius 3 is 2.76 bits per heavy atom. The van der Waals surface area contributed by atoms with E-state index >= 15 is 0 Å². The number of alkyl halides is 2. The van der Waals surface area contributed by atoms with E-state index in [1.54, 1.807) is 18.2 Å². The van der Waals surface area contributed by atoms with Gasteiger partial charge in [-0.3, -0.25) is 14.5 Å². The molecule has 1 aliphatic heterocycles. The van der Waals surface area contributed by atoms with Crippen LogP contribution < -0.4 is 10.1 Å². The fraction of sp³-hybridized carbons (Fsp3) is 0.182. The van der Waals surface area contributed by atoms with Crippen LogP contribution in [0.1, 0.15) is 18.4 Å². The van der Waals surface area contributed by atoms with Crippen molar-refractivity contribution < 1.29 is 23.1 Å². The SMILES string of the molecule is O=C(CCCN1C(=O)/C(=C\c2ccccc2OC(F)F)SC1=S)Nc1nc2ccccc2s1. The molecule has 0 bridgehead atoms. The van der Waals surface area contributed by atoms with Crippen molar-refractivity contribution in [3.8, 4) is 5.75 Å². The molecule has 0 radical (unpaired) electrons.